The van der Waals surface area contributed by atoms with Crippen LogP contribution in [-0.2, 0) is 11.2 Å². The van der Waals surface area contributed by atoms with Gasteiger partial charge in [0.1, 0.15) is 0 Å². The number of thiazole rings is 1. The van der Waals surface area contributed by atoms with Crippen molar-refractivity contribution < 1.29 is 9.84 Å². The Morgan fingerprint density at radius 2 is 2.47 bits per heavy atom. The number of nitrogens with two attached hydrogens (primary N) is 1. The van der Waals surface area contributed by atoms with E-state index in [4.69, 9.17) is 10.5 Å². The van der Waals surface area contributed by atoms with Gasteiger partial charge in [0, 0.05) is 25.1 Å². The zero-order valence-corrected chi connectivity index (χ0v) is 9.80. The highest BCUT2D eigenvalue weighted by atomic mass is 32.1. The summed E-state index contributed by atoms with van der Waals surface area (Å²) in [5, 5.41) is 13.1. The van der Waals surface area contributed by atoms with Crippen molar-refractivity contribution in [3.63, 3.8) is 0 Å². The zero-order chi connectivity index (χ0) is 11.1. The Labute approximate surface area is 94.1 Å². The minimum Gasteiger partial charge on any atom is -0.387 e. The average molecular weight is 230 g/mol. The van der Waals surface area contributed by atoms with Crippen molar-refractivity contribution in [3.05, 3.63) is 16.6 Å². The van der Waals surface area contributed by atoms with Crippen molar-refractivity contribution in [2.24, 2.45) is 5.73 Å². The molecule has 0 aromatic carbocycles. The first-order chi connectivity index (χ1) is 7.20. The third-order valence-electron chi connectivity index (χ3n) is 2.22. The highest BCUT2D eigenvalue weighted by molar-refractivity contribution is 7.09. The number of aromatic nitrogens is 1. The van der Waals surface area contributed by atoms with E-state index in [9.17, 15) is 5.11 Å². The smallest absolute Gasteiger partial charge is 0.0954 e. The number of hydrogen-bond donors (Lipinski definition) is 2. The van der Waals surface area contributed by atoms with Crippen LogP contribution in [0.15, 0.2) is 11.6 Å². The van der Waals surface area contributed by atoms with Crippen molar-refractivity contribution in [2.75, 3.05) is 20.3 Å². The summed E-state index contributed by atoms with van der Waals surface area (Å²) >= 11 is 1.55. The average Bonchev–Trinajstić information content (AvgIpc) is 2.68. The molecule has 0 bridgehead atoms. The van der Waals surface area contributed by atoms with Crippen LogP contribution in [0.3, 0.4) is 0 Å². The van der Waals surface area contributed by atoms with Crippen LogP contribution in [0.25, 0.3) is 0 Å². The first kappa shape index (κ1) is 12.6. The Balaban J connectivity index is 2.55. The molecule has 5 heteroatoms. The Hall–Kier alpha value is -0.490. The molecule has 4 nitrogen and oxygen atoms in total. The van der Waals surface area contributed by atoms with E-state index in [1.165, 1.54) is 0 Å². The van der Waals surface area contributed by atoms with E-state index < -0.39 is 5.60 Å². The van der Waals surface area contributed by atoms with E-state index >= 15 is 0 Å². The highest BCUT2D eigenvalue weighted by Crippen LogP contribution is 2.20. The molecule has 0 spiro atoms. The Bertz CT molecular complexity index is 266. The van der Waals surface area contributed by atoms with Crippen molar-refractivity contribution in [1.82, 2.24) is 4.98 Å². The molecule has 0 aliphatic heterocycles. The van der Waals surface area contributed by atoms with Gasteiger partial charge in [0.2, 0.25) is 0 Å². The van der Waals surface area contributed by atoms with Crippen LogP contribution in [0.1, 0.15) is 17.8 Å². The van der Waals surface area contributed by atoms with Crippen LogP contribution in [0.2, 0.25) is 0 Å². The van der Waals surface area contributed by atoms with Gasteiger partial charge in [0.05, 0.1) is 17.2 Å². The second-order valence-electron chi connectivity index (χ2n) is 3.65. The lowest BCUT2D eigenvalue weighted by Crippen LogP contribution is -2.37. The van der Waals surface area contributed by atoms with Crippen molar-refractivity contribution in [1.29, 1.82) is 0 Å². The maximum absolute atomic E-state index is 10.3. The summed E-state index contributed by atoms with van der Waals surface area (Å²) < 4.78 is 5.04. The molecule has 1 aromatic rings. The standard InChI is InChI=1S/C10H18N2O2S/c1-14-8-10(13,3-2-4-11)7-9-12-5-6-15-9/h5-6,13H,2-4,7-8,11H2,1H3. The SMILES string of the molecule is COCC(O)(CCCN)Cc1nccs1. The third-order valence-corrected chi connectivity index (χ3v) is 3.00. The van der Waals surface area contributed by atoms with Crippen LogP contribution in [0.4, 0.5) is 0 Å². The predicted molar refractivity (Wildman–Crippen MR) is 60.9 cm³/mol. The predicted octanol–water partition coefficient (Wildman–Crippen LogP) is 0.802. The number of ether oxygens (including phenoxy) is 1. The van der Waals surface area contributed by atoms with E-state index in [2.05, 4.69) is 4.98 Å². The number of hydrogen-bond acceptors (Lipinski definition) is 5. The second kappa shape index (κ2) is 6.17. The van der Waals surface area contributed by atoms with Gasteiger partial charge in [-0.3, -0.25) is 0 Å². The molecule has 0 aliphatic rings. The van der Waals surface area contributed by atoms with E-state index in [-0.39, 0.29) is 0 Å². The van der Waals surface area contributed by atoms with Gasteiger partial charge in [-0.25, -0.2) is 4.98 Å². The van der Waals surface area contributed by atoms with Crippen LogP contribution in [-0.4, -0.2) is 36.0 Å². The van der Waals surface area contributed by atoms with Crippen LogP contribution in [0, 0.1) is 0 Å². The zero-order valence-electron chi connectivity index (χ0n) is 8.98. The number of rotatable bonds is 7. The Kier molecular flexibility index (Phi) is 5.17. The molecule has 86 valence electrons. The van der Waals surface area contributed by atoms with Crippen molar-refractivity contribution >= 4 is 11.3 Å². The molecular weight excluding hydrogens is 212 g/mol. The molecule has 1 atom stereocenters. The second-order valence-corrected chi connectivity index (χ2v) is 4.63. The number of nitrogens with zero attached hydrogens (tertiary/aromatic N) is 1. The summed E-state index contributed by atoms with van der Waals surface area (Å²) in [6, 6.07) is 0. The first-order valence-corrected chi connectivity index (χ1v) is 5.88. The maximum Gasteiger partial charge on any atom is 0.0954 e. The van der Waals surface area contributed by atoms with Gasteiger partial charge in [-0.15, -0.1) is 11.3 Å². The third kappa shape index (κ3) is 4.25. The molecule has 0 saturated heterocycles. The molecule has 3 N–H and O–H groups in total. The van der Waals surface area contributed by atoms with Crippen LogP contribution in [0.5, 0.6) is 0 Å². The Morgan fingerprint density at radius 3 is 3.00 bits per heavy atom. The fourth-order valence-electron chi connectivity index (χ4n) is 1.53. The van der Waals surface area contributed by atoms with Crippen molar-refractivity contribution in [2.45, 2.75) is 24.9 Å². The fourth-order valence-corrected chi connectivity index (χ4v) is 2.29. The van der Waals surface area contributed by atoms with Crippen LogP contribution < -0.4 is 5.73 Å². The van der Waals surface area contributed by atoms with Crippen LogP contribution >= 0.6 is 11.3 Å². The molecule has 0 fully saturated rings. The first-order valence-electron chi connectivity index (χ1n) is 5.00. The summed E-state index contributed by atoms with van der Waals surface area (Å²) in [6.45, 7) is 0.913. The van der Waals surface area contributed by atoms with Gasteiger partial charge < -0.3 is 15.6 Å². The van der Waals surface area contributed by atoms with E-state index in [1.54, 1.807) is 24.6 Å². The summed E-state index contributed by atoms with van der Waals surface area (Å²) in [6.07, 6.45) is 3.73. The Morgan fingerprint density at radius 1 is 1.67 bits per heavy atom. The molecule has 0 aliphatic carbocycles. The summed E-state index contributed by atoms with van der Waals surface area (Å²) in [4.78, 5) is 4.16. The number of aliphatic hydroxyl groups is 1. The highest BCUT2D eigenvalue weighted by Gasteiger charge is 2.27. The molecule has 1 heterocycles. The molecular formula is C10H18N2O2S. The van der Waals surface area contributed by atoms with Gasteiger partial charge in [-0.05, 0) is 19.4 Å². The number of methoxy groups -OCH3 is 1. The minimum absolute atomic E-state index is 0.326. The fraction of sp³-hybridized carbons (Fsp3) is 0.700. The minimum atomic E-state index is -0.827. The normalized spacial score (nSPS) is 15.1. The molecule has 1 aromatic heterocycles. The summed E-state index contributed by atoms with van der Waals surface area (Å²) in [5.41, 5.74) is 4.61. The lowest BCUT2D eigenvalue weighted by atomic mass is 9.95. The monoisotopic (exact) mass is 230 g/mol. The summed E-state index contributed by atoms with van der Waals surface area (Å²) in [5.74, 6) is 0. The van der Waals surface area contributed by atoms with Gasteiger partial charge in [0.15, 0.2) is 0 Å². The van der Waals surface area contributed by atoms with Gasteiger partial charge in [-0.2, -0.15) is 0 Å². The van der Waals surface area contributed by atoms with E-state index in [0.717, 1.165) is 11.4 Å². The largest absolute Gasteiger partial charge is 0.387 e. The molecule has 0 radical (unpaired) electrons. The van der Waals surface area contributed by atoms with E-state index in [1.807, 2.05) is 5.38 Å². The quantitative estimate of drug-likeness (QED) is 0.727. The molecule has 1 rings (SSSR count). The topological polar surface area (TPSA) is 68.4 Å². The van der Waals surface area contributed by atoms with Gasteiger partial charge in [0.25, 0.3) is 0 Å². The summed E-state index contributed by atoms with van der Waals surface area (Å²) in [7, 11) is 1.59. The van der Waals surface area contributed by atoms with Gasteiger partial charge >= 0.3 is 0 Å². The molecule has 0 amide bonds. The maximum atomic E-state index is 10.3. The lowest BCUT2D eigenvalue weighted by Gasteiger charge is -2.26. The van der Waals surface area contributed by atoms with Crippen molar-refractivity contribution in [3.8, 4) is 0 Å². The van der Waals surface area contributed by atoms with Gasteiger partial charge in [-0.1, -0.05) is 0 Å². The lowest BCUT2D eigenvalue weighted by molar-refractivity contribution is -0.0375. The van der Waals surface area contributed by atoms with E-state index in [0.29, 0.717) is 26.0 Å². The molecule has 0 saturated carbocycles. The molecule has 1 unspecified atom stereocenters. The molecule has 15 heavy (non-hydrogen) atoms.